The van der Waals surface area contributed by atoms with E-state index in [9.17, 15) is 14.4 Å². The van der Waals surface area contributed by atoms with Crippen LogP contribution < -0.4 is 4.90 Å². The molecule has 0 N–H and O–H groups in total. The molecule has 2 amide bonds. The highest BCUT2D eigenvalue weighted by Crippen LogP contribution is 2.44. The van der Waals surface area contributed by atoms with E-state index >= 15 is 0 Å². The van der Waals surface area contributed by atoms with Gasteiger partial charge in [0.25, 0.3) is 5.91 Å². The maximum atomic E-state index is 13.9. The maximum absolute atomic E-state index is 13.9. The number of aromatic nitrogens is 3. The van der Waals surface area contributed by atoms with Crippen molar-refractivity contribution in [2.45, 2.75) is 25.2 Å². The topological polar surface area (TPSA) is 88.4 Å². The fourth-order valence-electron chi connectivity index (χ4n) is 4.77. The van der Waals surface area contributed by atoms with Crippen LogP contribution in [0.3, 0.4) is 0 Å². The highest BCUT2D eigenvalue weighted by atomic mass is 32.1. The van der Waals surface area contributed by atoms with E-state index in [4.69, 9.17) is 4.98 Å². The molecule has 0 radical (unpaired) electrons. The van der Waals surface area contributed by atoms with Crippen molar-refractivity contribution >= 4 is 35.2 Å². The van der Waals surface area contributed by atoms with Crippen LogP contribution in [0, 0.1) is 0 Å². The van der Waals surface area contributed by atoms with Crippen LogP contribution in [0.4, 0.5) is 10.5 Å². The lowest BCUT2D eigenvalue weighted by Gasteiger charge is -2.22. The van der Waals surface area contributed by atoms with Crippen LogP contribution in [0.2, 0.25) is 0 Å². The first kappa shape index (κ1) is 23.3. The highest BCUT2D eigenvalue weighted by molar-refractivity contribution is 7.17. The first-order valence-corrected chi connectivity index (χ1v) is 13.0. The Bertz CT molecular complexity index is 1550. The van der Waals surface area contributed by atoms with Crippen LogP contribution in [0.15, 0.2) is 54.7 Å². The third kappa shape index (κ3) is 4.15. The summed E-state index contributed by atoms with van der Waals surface area (Å²) in [5.41, 5.74) is 5.42. The molecule has 6 rings (SSSR count). The molecule has 2 aliphatic rings. The Morgan fingerprint density at radius 2 is 1.89 bits per heavy atom. The molecular weight excluding hydrogens is 486 g/mol. The summed E-state index contributed by atoms with van der Waals surface area (Å²) in [4.78, 5) is 47.5. The summed E-state index contributed by atoms with van der Waals surface area (Å²) in [5.74, 6) is 0.116. The number of thiophene rings is 1. The number of carbonyl (C=O) groups excluding carboxylic acids is 3. The number of pyridine rings is 1. The Balaban J connectivity index is 1.37. The monoisotopic (exact) mass is 511 g/mol. The smallest absolute Gasteiger partial charge is 0.329 e. The average Bonchev–Trinajstić information content (AvgIpc) is 3.57. The van der Waals surface area contributed by atoms with E-state index in [1.165, 1.54) is 20.9 Å². The predicted molar refractivity (Wildman–Crippen MR) is 142 cm³/mol. The minimum atomic E-state index is -0.230. The molecule has 4 aromatic rings. The van der Waals surface area contributed by atoms with Crippen molar-refractivity contribution in [3.63, 3.8) is 0 Å². The molecule has 0 saturated heterocycles. The van der Waals surface area contributed by atoms with E-state index in [1.54, 1.807) is 31.3 Å². The van der Waals surface area contributed by atoms with E-state index in [1.807, 2.05) is 42.5 Å². The molecule has 9 heteroatoms. The molecule has 0 unspecified atom stereocenters. The summed E-state index contributed by atoms with van der Waals surface area (Å²) in [6, 6.07) is 14.9. The Kier molecular flexibility index (Phi) is 5.72. The second-order valence-electron chi connectivity index (χ2n) is 9.58. The van der Waals surface area contributed by atoms with E-state index in [-0.39, 0.29) is 11.9 Å². The van der Waals surface area contributed by atoms with Crippen molar-refractivity contribution in [2.24, 2.45) is 0 Å². The fourth-order valence-corrected chi connectivity index (χ4v) is 5.83. The van der Waals surface area contributed by atoms with Gasteiger partial charge in [-0.05, 0) is 49.1 Å². The minimum absolute atomic E-state index is 0.190. The first-order chi connectivity index (χ1) is 17.9. The lowest BCUT2D eigenvalue weighted by molar-refractivity contribution is 0.0982. The summed E-state index contributed by atoms with van der Waals surface area (Å²) in [5, 5.41) is 4.57. The average molecular weight is 512 g/mol. The lowest BCUT2D eigenvalue weighted by atomic mass is 10.1. The number of anilines is 1. The van der Waals surface area contributed by atoms with E-state index < -0.39 is 0 Å². The third-order valence-corrected chi connectivity index (χ3v) is 7.90. The lowest BCUT2D eigenvalue weighted by Crippen LogP contribution is -2.33. The number of carbonyl (C=O) groups is 3. The van der Waals surface area contributed by atoms with Gasteiger partial charge >= 0.3 is 6.03 Å². The molecule has 37 heavy (non-hydrogen) atoms. The molecule has 1 aliphatic carbocycles. The zero-order valence-corrected chi connectivity index (χ0v) is 21.4. The number of nitrogens with zero attached hydrogens (tertiary/aromatic N) is 5. The molecule has 3 aromatic heterocycles. The minimum Gasteiger partial charge on any atom is -0.329 e. The van der Waals surface area contributed by atoms with Gasteiger partial charge in [0.1, 0.15) is 5.69 Å². The van der Waals surface area contributed by atoms with Gasteiger partial charge in [0.15, 0.2) is 6.29 Å². The summed E-state index contributed by atoms with van der Waals surface area (Å²) in [7, 11) is 3.38. The number of hydrogen-bond donors (Lipinski definition) is 0. The normalized spacial score (nSPS) is 14.5. The van der Waals surface area contributed by atoms with Gasteiger partial charge < -0.3 is 9.80 Å². The van der Waals surface area contributed by atoms with Gasteiger partial charge in [-0.1, -0.05) is 24.3 Å². The van der Waals surface area contributed by atoms with E-state index in [0.717, 1.165) is 52.1 Å². The molecule has 1 aromatic carbocycles. The van der Waals surface area contributed by atoms with Crippen LogP contribution in [-0.2, 0) is 6.42 Å². The number of benzene rings is 1. The zero-order valence-electron chi connectivity index (χ0n) is 20.5. The quantitative estimate of drug-likeness (QED) is 0.356. The number of hydrogen-bond acceptors (Lipinski definition) is 6. The Hall–Kier alpha value is -4.11. The van der Waals surface area contributed by atoms with Crippen LogP contribution in [-0.4, -0.2) is 58.5 Å². The Morgan fingerprint density at radius 1 is 1.08 bits per heavy atom. The van der Waals surface area contributed by atoms with Crippen molar-refractivity contribution in [1.82, 2.24) is 19.7 Å². The second kappa shape index (κ2) is 9.08. The fraction of sp³-hybridized carbons (Fsp3) is 0.250. The number of para-hydroxylation sites is 1. The third-order valence-electron chi connectivity index (χ3n) is 6.76. The summed E-state index contributed by atoms with van der Waals surface area (Å²) < 4.78 is 1.36. The van der Waals surface area contributed by atoms with Crippen LogP contribution in [0.1, 0.15) is 50.2 Å². The Labute approximate surface area is 218 Å². The van der Waals surface area contributed by atoms with Gasteiger partial charge in [0.2, 0.25) is 0 Å². The van der Waals surface area contributed by atoms with Gasteiger partial charge in [0.05, 0.1) is 22.0 Å². The molecular formula is C28H25N5O3S. The molecule has 186 valence electrons. The van der Waals surface area contributed by atoms with Gasteiger partial charge in [-0.15, -0.1) is 11.3 Å². The van der Waals surface area contributed by atoms with Crippen molar-refractivity contribution in [2.75, 3.05) is 25.5 Å². The van der Waals surface area contributed by atoms with Gasteiger partial charge in [-0.3, -0.25) is 9.59 Å². The van der Waals surface area contributed by atoms with Crippen LogP contribution in [0.25, 0.3) is 21.7 Å². The maximum Gasteiger partial charge on any atom is 0.344 e. The predicted octanol–water partition coefficient (Wildman–Crippen LogP) is 5.10. The molecule has 1 fully saturated rings. The largest absolute Gasteiger partial charge is 0.344 e. The van der Waals surface area contributed by atoms with Crippen molar-refractivity contribution in [3.8, 4) is 21.7 Å². The van der Waals surface area contributed by atoms with Crippen LogP contribution in [0.5, 0.6) is 0 Å². The molecule has 0 spiro atoms. The van der Waals surface area contributed by atoms with Crippen LogP contribution >= 0.6 is 11.3 Å². The number of aldehydes is 1. The van der Waals surface area contributed by atoms with Gasteiger partial charge in [0, 0.05) is 48.8 Å². The summed E-state index contributed by atoms with van der Waals surface area (Å²) in [6.45, 7) is 0.479. The second-order valence-corrected chi connectivity index (χ2v) is 10.7. The number of amides is 2. The molecule has 8 nitrogen and oxygen atoms in total. The first-order valence-electron chi connectivity index (χ1n) is 12.2. The molecule has 1 saturated carbocycles. The number of fused-ring (bicyclic) bond motifs is 3. The van der Waals surface area contributed by atoms with Crippen molar-refractivity contribution in [1.29, 1.82) is 0 Å². The number of rotatable bonds is 4. The summed E-state index contributed by atoms with van der Waals surface area (Å²) in [6.07, 6.45) is 5.30. The zero-order chi connectivity index (χ0) is 25.7. The van der Waals surface area contributed by atoms with Crippen molar-refractivity contribution in [3.05, 3.63) is 76.6 Å². The van der Waals surface area contributed by atoms with Gasteiger partial charge in [-0.25, -0.2) is 9.78 Å². The van der Waals surface area contributed by atoms with Crippen molar-refractivity contribution < 1.29 is 14.4 Å². The molecule has 0 atom stereocenters. The molecule has 0 bridgehead atoms. The standard InChI is InChI=1S/C28H25N5O3S/c1-31(2)28(36)33-15-21(25(30-33)17-10-11-17)22-7-5-8-23(29-22)27(35)32-13-12-18-14-19(16-34)37-26(18)20-6-3-4-9-24(20)32/h3-9,14-17H,10-13H2,1-2H3. The Morgan fingerprint density at radius 3 is 2.65 bits per heavy atom. The SMILES string of the molecule is CN(C)C(=O)n1cc(-c2cccc(C(=O)N3CCc4cc(C=O)sc4-c4ccccc43)n2)c(C2CC2)n1. The van der Waals surface area contributed by atoms with E-state index in [2.05, 4.69) is 5.10 Å². The van der Waals surface area contributed by atoms with E-state index in [0.29, 0.717) is 35.1 Å². The summed E-state index contributed by atoms with van der Waals surface area (Å²) >= 11 is 1.46. The van der Waals surface area contributed by atoms with Gasteiger partial charge in [-0.2, -0.15) is 9.78 Å². The molecule has 4 heterocycles. The molecule has 1 aliphatic heterocycles. The highest BCUT2D eigenvalue weighted by Gasteiger charge is 2.32.